The second-order valence-electron chi connectivity index (χ2n) is 3.29. The molecule has 2 nitrogen and oxygen atoms in total. The fourth-order valence-electron chi connectivity index (χ4n) is 1.54. The van der Waals surface area contributed by atoms with E-state index >= 15 is 0 Å². The topological polar surface area (TPSA) is 29.1 Å². The molecule has 0 aliphatic carbocycles. The fraction of sp³-hybridized carbons (Fsp3) is 0.182. The molecule has 1 aliphatic heterocycles. The van der Waals surface area contributed by atoms with Gasteiger partial charge in [0.05, 0.1) is 0 Å². The molecule has 0 bridgehead atoms. The third-order valence-corrected chi connectivity index (χ3v) is 2.41. The van der Waals surface area contributed by atoms with Crippen molar-refractivity contribution in [2.75, 3.05) is 6.54 Å². The molecular formula is C11H10FNO. The van der Waals surface area contributed by atoms with Gasteiger partial charge in [-0.2, -0.15) is 0 Å². The van der Waals surface area contributed by atoms with Crippen LogP contribution in [0.3, 0.4) is 0 Å². The van der Waals surface area contributed by atoms with Gasteiger partial charge in [0.2, 0.25) is 5.91 Å². The molecule has 0 saturated heterocycles. The molecule has 0 aromatic heterocycles. The predicted molar refractivity (Wildman–Crippen MR) is 52.0 cm³/mol. The first kappa shape index (κ1) is 8.94. The normalized spacial score (nSPS) is 16.0. The van der Waals surface area contributed by atoms with Crippen molar-refractivity contribution in [2.24, 2.45) is 0 Å². The molecule has 1 N–H and O–H groups in total. The van der Waals surface area contributed by atoms with Crippen molar-refractivity contribution < 1.29 is 9.18 Å². The average Bonchev–Trinajstić information content (AvgIpc) is 2.50. The van der Waals surface area contributed by atoms with Crippen molar-refractivity contribution in [3.8, 4) is 0 Å². The van der Waals surface area contributed by atoms with Gasteiger partial charge in [0.15, 0.2) is 0 Å². The molecule has 1 aromatic carbocycles. The van der Waals surface area contributed by atoms with E-state index in [1.54, 1.807) is 19.1 Å². The zero-order valence-electron chi connectivity index (χ0n) is 7.80. The Hall–Kier alpha value is -1.64. The Morgan fingerprint density at radius 3 is 2.43 bits per heavy atom. The van der Waals surface area contributed by atoms with Crippen molar-refractivity contribution in [1.29, 1.82) is 0 Å². The van der Waals surface area contributed by atoms with Gasteiger partial charge in [0.25, 0.3) is 0 Å². The van der Waals surface area contributed by atoms with Gasteiger partial charge in [-0.3, -0.25) is 4.79 Å². The van der Waals surface area contributed by atoms with Gasteiger partial charge in [-0.05, 0) is 30.2 Å². The summed E-state index contributed by atoms with van der Waals surface area (Å²) in [5.41, 5.74) is 2.58. The number of rotatable bonds is 1. The van der Waals surface area contributed by atoms with Gasteiger partial charge in [0, 0.05) is 12.1 Å². The summed E-state index contributed by atoms with van der Waals surface area (Å²) in [6.45, 7) is 2.32. The Labute approximate surface area is 81.4 Å². The van der Waals surface area contributed by atoms with Crippen LogP contribution in [0.15, 0.2) is 29.8 Å². The number of hydrogen-bond acceptors (Lipinski definition) is 1. The van der Waals surface area contributed by atoms with Crippen LogP contribution in [-0.2, 0) is 4.79 Å². The van der Waals surface area contributed by atoms with Crippen LogP contribution in [0, 0.1) is 5.82 Å². The minimum atomic E-state index is -0.260. The van der Waals surface area contributed by atoms with E-state index in [2.05, 4.69) is 5.32 Å². The van der Waals surface area contributed by atoms with E-state index in [1.807, 2.05) is 0 Å². The van der Waals surface area contributed by atoms with E-state index in [9.17, 15) is 9.18 Å². The summed E-state index contributed by atoms with van der Waals surface area (Å²) in [7, 11) is 0. The van der Waals surface area contributed by atoms with Crippen LogP contribution in [0.1, 0.15) is 12.5 Å². The molecule has 1 aromatic rings. The fourth-order valence-corrected chi connectivity index (χ4v) is 1.54. The third kappa shape index (κ3) is 1.41. The molecule has 72 valence electrons. The van der Waals surface area contributed by atoms with E-state index in [0.717, 1.165) is 16.7 Å². The van der Waals surface area contributed by atoms with Crippen LogP contribution in [-0.4, -0.2) is 12.5 Å². The van der Waals surface area contributed by atoms with Crippen molar-refractivity contribution in [1.82, 2.24) is 5.32 Å². The van der Waals surface area contributed by atoms with E-state index < -0.39 is 0 Å². The number of hydrogen-bond donors (Lipinski definition) is 1. The SMILES string of the molecule is CC1=C(c2ccc(F)cc2)CNC1=O. The van der Waals surface area contributed by atoms with Crippen LogP contribution < -0.4 is 5.32 Å². The lowest BCUT2D eigenvalue weighted by Crippen LogP contribution is -2.16. The van der Waals surface area contributed by atoms with Gasteiger partial charge in [-0.25, -0.2) is 4.39 Å². The number of carbonyl (C=O) groups excluding carboxylic acids is 1. The Kier molecular flexibility index (Phi) is 2.08. The highest BCUT2D eigenvalue weighted by Gasteiger charge is 2.19. The molecule has 1 aliphatic rings. The highest BCUT2D eigenvalue weighted by atomic mass is 19.1. The van der Waals surface area contributed by atoms with Gasteiger partial charge in [0.1, 0.15) is 5.82 Å². The van der Waals surface area contributed by atoms with Crippen LogP contribution in [0.2, 0.25) is 0 Å². The van der Waals surface area contributed by atoms with Crippen molar-refractivity contribution in [3.05, 3.63) is 41.2 Å². The minimum Gasteiger partial charge on any atom is -0.348 e. The second kappa shape index (κ2) is 3.25. The maximum absolute atomic E-state index is 12.6. The highest BCUT2D eigenvalue weighted by Crippen LogP contribution is 2.22. The zero-order valence-corrected chi connectivity index (χ0v) is 7.80. The summed E-state index contributed by atoms with van der Waals surface area (Å²) in [5, 5.41) is 2.73. The van der Waals surface area contributed by atoms with E-state index in [-0.39, 0.29) is 11.7 Å². The monoisotopic (exact) mass is 191 g/mol. The molecule has 0 radical (unpaired) electrons. The Balaban J connectivity index is 2.41. The summed E-state index contributed by atoms with van der Waals surface area (Å²) < 4.78 is 12.6. The quantitative estimate of drug-likeness (QED) is 0.719. The van der Waals surface area contributed by atoms with Gasteiger partial charge in [-0.1, -0.05) is 12.1 Å². The molecule has 0 saturated carbocycles. The van der Waals surface area contributed by atoms with Crippen molar-refractivity contribution in [2.45, 2.75) is 6.92 Å². The smallest absolute Gasteiger partial charge is 0.247 e. The summed E-state index contributed by atoms with van der Waals surface area (Å²) >= 11 is 0. The summed E-state index contributed by atoms with van der Waals surface area (Å²) in [6, 6.07) is 6.18. The lowest BCUT2D eigenvalue weighted by Gasteiger charge is -2.01. The molecule has 0 spiro atoms. The maximum Gasteiger partial charge on any atom is 0.247 e. The molecular weight excluding hydrogens is 181 g/mol. The predicted octanol–water partition coefficient (Wildman–Crippen LogP) is 1.73. The first-order valence-electron chi connectivity index (χ1n) is 4.42. The van der Waals surface area contributed by atoms with Crippen molar-refractivity contribution >= 4 is 11.5 Å². The number of carbonyl (C=O) groups is 1. The summed E-state index contributed by atoms with van der Waals surface area (Å²) in [6.07, 6.45) is 0. The first-order valence-corrected chi connectivity index (χ1v) is 4.42. The molecule has 2 rings (SSSR count). The van der Waals surface area contributed by atoms with Crippen LogP contribution in [0.25, 0.3) is 5.57 Å². The molecule has 14 heavy (non-hydrogen) atoms. The second-order valence-corrected chi connectivity index (χ2v) is 3.29. The summed E-state index contributed by atoms with van der Waals surface area (Å²) in [4.78, 5) is 11.2. The zero-order chi connectivity index (χ0) is 10.1. The molecule has 3 heteroatoms. The van der Waals surface area contributed by atoms with Gasteiger partial charge < -0.3 is 5.32 Å². The van der Waals surface area contributed by atoms with Crippen molar-refractivity contribution in [3.63, 3.8) is 0 Å². The highest BCUT2D eigenvalue weighted by molar-refractivity contribution is 6.05. The summed E-state index contributed by atoms with van der Waals surface area (Å²) in [5.74, 6) is -0.298. The van der Waals surface area contributed by atoms with Gasteiger partial charge >= 0.3 is 0 Å². The van der Waals surface area contributed by atoms with Crippen LogP contribution in [0.5, 0.6) is 0 Å². The Bertz CT molecular complexity index is 406. The minimum absolute atomic E-state index is 0.0377. The Morgan fingerprint density at radius 2 is 1.93 bits per heavy atom. The average molecular weight is 191 g/mol. The molecule has 0 unspecified atom stereocenters. The molecule has 0 fully saturated rings. The van der Waals surface area contributed by atoms with Crippen LogP contribution in [0.4, 0.5) is 4.39 Å². The maximum atomic E-state index is 12.6. The van der Waals surface area contributed by atoms with E-state index in [4.69, 9.17) is 0 Å². The lowest BCUT2D eigenvalue weighted by molar-refractivity contribution is -0.116. The largest absolute Gasteiger partial charge is 0.348 e. The lowest BCUT2D eigenvalue weighted by atomic mass is 10.0. The molecule has 1 amide bonds. The first-order chi connectivity index (χ1) is 6.68. The van der Waals surface area contributed by atoms with E-state index in [1.165, 1.54) is 12.1 Å². The molecule has 0 atom stereocenters. The number of nitrogens with one attached hydrogen (secondary N) is 1. The standard InChI is InChI=1S/C11H10FNO/c1-7-10(6-13-11(7)14)8-2-4-9(12)5-3-8/h2-5H,6H2,1H3,(H,13,14). The third-order valence-electron chi connectivity index (χ3n) is 2.41. The molecule has 1 heterocycles. The number of amides is 1. The van der Waals surface area contributed by atoms with E-state index in [0.29, 0.717) is 6.54 Å². The van der Waals surface area contributed by atoms with Crippen LogP contribution >= 0.6 is 0 Å². The Morgan fingerprint density at radius 1 is 1.29 bits per heavy atom. The number of halogens is 1. The van der Waals surface area contributed by atoms with Gasteiger partial charge in [-0.15, -0.1) is 0 Å². The number of benzene rings is 1.